The van der Waals surface area contributed by atoms with Gasteiger partial charge in [0.05, 0.1) is 13.3 Å². The average Bonchev–Trinajstić information content (AvgIpc) is 2.86. The fraction of sp³-hybridized carbons (Fsp3) is 0.286. The van der Waals surface area contributed by atoms with Crippen molar-refractivity contribution in [2.75, 3.05) is 18.3 Å². The predicted molar refractivity (Wildman–Crippen MR) is 86.5 cm³/mol. The highest BCUT2D eigenvalue weighted by atomic mass is 32.1. The first kappa shape index (κ1) is 15.1. The standard InChI is InChI=1S/C14H18N4O2S/c1-8(2)9-4-10(13(19)11(5-9)20-3)6-16-18-14-17-12(15)7-21-14/h4-8,19H,15H2,1-3H3,(H,17,18). The maximum atomic E-state index is 10.1. The number of hydrogen-bond donors (Lipinski definition) is 3. The third-order valence-corrected chi connectivity index (χ3v) is 3.66. The van der Waals surface area contributed by atoms with Crippen molar-refractivity contribution in [2.24, 2.45) is 5.10 Å². The van der Waals surface area contributed by atoms with Gasteiger partial charge in [-0.1, -0.05) is 13.8 Å². The summed E-state index contributed by atoms with van der Waals surface area (Å²) in [5.74, 6) is 1.26. The normalized spacial score (nSPS) is 11.2. The van der Waals surface area contributed by atoms with Gasteiger partial charge in [0.1, 0.15) is 5.82 Å². The predicted octanol–water partition coefficient (Wildman–Crippen LogP) is 3.01. The second-order valence-corrected chi connectivity index (χ2v) is 5.62. The first-order valence-corrected chi connectivity index (χ1v) is 7.30. The van der Waals surface area contributed by atoms with E-state index in [-0.39, 0.29) is 5.75 Å². The van der Waals surface area contributed by atoms with Crippen LogP contribution < -0.4 is 15.9 Å². The molecule has 4 N–H and O–H groups in total. The maximum absolute atomic E-state index is 10.1. The number of aromatic hydroxyl groups is 1. The fourth-order valence-corrected chi connectivity index (χ4v) is 2.28. The lowest BCUT2D eigenvalue weighted by Crippen LogP contribution is -1.96. The minimum absolute atomic E-state index is 0.0612. The molecule has 0 aliphatic carbocycles. The lowest BCUT2D eigenvalue weighted by molar-refractivity contribution is 0.372. The number of phenolic OH excluding ortho intramolecular Hbond substituents is 1. The highest BCUT2D eigenvalue weighted by Crippen LogP contribution is 2.33. The van der Waals surface area contributed by atoms with E-state index >= 15 is 0 Å². The van der Waals surface area contributed by atoms with Gasteiger partial charge in [-0.2, -0.15) is 5.10 Å². The van der Waals surface area contributed by atoms with E-state index in [1.54, 1.807) is 5.38 Å². The van der Waals surface area contributed by atoms with E-state index in [2.05, 4.69) is 29.4 Å². The van der Waals surface area contributed by atoms with Gasteiger partial charge >= 0.3 is 0 Å². The number of phenols is 1. The molecule has 0 unspecified atom stereocenters. The second-order valence-electron chi connectivity index (χ2n) is 4.76. The molecular weight excluding hydrogens is 288 g/mol. The SMILES string of the molecule is COc1cc(C(C)C)cc(C=NNc2nc(N)cs2)c1O. The summed E-state index contributed by atoms with van der Waals surface area (Å²) in [6, 6.07) is 3.70. The Morgan fingerprint density at radius 1 is 1.48 bits per heavy atom. The van der Waals surface area contributed by atoms with Gasteiger partial charge in [-0.25, -0.2) is 4.98 Å². The molecule has 6 nitrogen and oxygen atoms in total. The van der Waals surface area contributed by atoms with Crippen molar-refractivity contribution in [2.45, 2.75) is 19.8 Å². The van der Waals surface area contributed by atoms with Crippen LogP contribution in [0.15, 0.2) is 22.6 Å². The van der Waals surface area contributed by atoms with E-state index in [1.807, 2.05) is 12.1 Å². The summed E-state index contributed by atoms with van der Waals surface area (Å²) in [4.78, 5) is 4.03. The molecule has 0 atom stereocenters. The van der Waals surface area contributed by atoms with Gasteiger partial charge in [0.15, 0.2) is 11.5 Å². The Morgan fingerprint density at radius 3 is 2.81 bits per heavy atom. The summed E-state index contributed by atoms with van der Waals surface area (Å²) in [5.41, 5.74) is 9.94. The van der Waals surface area contributed by atoms with Crippen LogP contribution >= 0.6 is 11.3 Å². The van der Waals surface area contributed by atoms with Crippen LogP contribution in [0.2, 0.25) is 0 Å². The maximum Gasteiger partial charge on any atom is 0.205 e. The van der Waals surface area contributed by atoms with Gasteiger partial charge in [-0.3, -0.25) is 5.43 Å². The molecule has 0 saturated carbocycles. The van der Waals surface area contributed by atoms with E-state index in [9.17, 15) is 5.11 Å². The van der Waals surface area contributed by atoms with E-state index in [4.69, 9.17) is 10.5 Å². The zero-order valence-electron chi connectivity index (χ0n) is 12.1. The van der Waals surface area contributed by atoms with Gasteiger partial charge in [0.25, 0.3) is 0 Å². The summed E-state index contributed by atoms with van der Waals surface area (Å²) in [7, 11) is 1.52. The van der Waals surface area contributed by atoms with Crippen molar-refractivity contribution < 1.29 is 9.84 Å². The molecule has 1 heterocycles. The van der Waals surface area contributed by atoms with Crippen LogP contribution in [-0.4, -0.2) is 23.4 Å². The minimum Gasteiger partial charge on any atom is -0.504 e. The van der Waals surface area contributed by atoms with Crippen LogP contribution in [0.4, 0.5) is 10.9 Å². The average molecular weight is 306 g/mol. The zero-order chi connectivity index (χ0) is 15.4. The first-order chi connectivity index (χ1) is 10.0. The second kappa shape index (κ2) is 6.45. The molecule has 1 aromatic heterocycles. The minimum atomic E-state index is 0.0612. The number of nitrogen functional groups attached to an aromatic ring is 1. The Balaban J connectivity index is 2.23. The number of hydrogen-bond acceptors (Lipinski definition) is 7. The van der Waals surface area contributed by atoms with E-state index in [0.29, 0.717) is 28.2 Å². The first-order valence-electron chi connectivity index (χ1n) is 6.42. The molecule has 7 heteroatoms. The molecule has 0 spiro atoms. The van der Waals surface area contributed by atoms with Crippen LogP contribution in [0.3, 0.4) is 0 Å². The largest absolute Gasteiger partial charge is 0.504 e. The summed E-state index contributed by atoms with van der Waals surface area (Å²) in [5, 5.41) is 16.5. The highest BCUT2D eigenvalue weighted by molar-refractivity contribution is 7.14. The molecule has 2 aromatic rings. The van der Waals surface area contributed by atoms with Gasteiger partial charge in [-0.15, -0.1) is 11.3 Å². The number of thiazole rings is 1. The fourth-order valence-electron chi connectivity index (χ4n) is 1.73. The lowest BCUT2D eigenvalue weighted by atomic mass is 10.00. The molecule has 0 aliphatic rings. The van der Waals surface area contributed by atoms with Crippen molar-refractivity contribution >= 4 is 28.5 Å². The number of anilines is 2. The smallest absolute Gasteiger partial charge is 0.205 e. The molecule has 112 valence electrons. The lowest BCUT2D eigenvalue weighted by Gasteiger charge is -2.12. The van der Waals surface area contributed by atoms with Gasteiger partial charge < -0.3 is 15.6 Å². The molecule has 2 rings (SSSR count). The Kier molecular flexibility index (Phi) is 4.64. The van der Waals surface area contributed by atoms with Crippen LogP contribution in [0, 0.1) is 0 Å². The van der Waals surface area contributed by atoms with Crippen LogP contribution in [0.25, 0.3) is 0 Å². The molecule has 0 amide bonds. The molecular formula is C14H18N4O2S. The van der Waals surface area contributed by atoms with Crippen LogP contribution in [0.1, 0.15) is 30.9 Å². The number of nitrogens with one attached hydrogen (secondary N) is 1. The number of rotatable bonds is 5. The quantitative estimate of drug-likeness (QED) is 0.583. The van der Waals surface area contributed by atoms with Crippen LogP contribution in [0.5, 0.6) is 11.5 Å². The van der Waals surface area contributed by atoms with Crippen molar-refractivity contribution in [3.05, 3.63) is 28.6 Å². The molecule has 0 radical (unpaired) electrons. The number of ether oxygens (including phenoxy) is 1. The summed E-state index contributed by atoms with van der Waals surface area (Å²) >= 11 is 1.36. The monoisotopic (exact) mass is 306 g/mol. The topological polar surface area (TPSA) is 92.8 Å². The Bertz CT molecular complexity index is 652. The van der Waals surface area contributed by atoms with Gasteiger partial charge in [0.2, 0.25) is 5.13 Å². The molecule has 1 aromatic carbocycles. The summed E-state index contributed by atoms with van der Waals surface area (Å²) < 4.78 is 5.19. The van der Waals surface area contributed by atoms with Gasteiger partial charge in [0, 0.05) is 10.9 Å². The van der Waals surface area contributed by atoms with E-state index < -0.39 is 0 Å². The van der Waals surface area contributed by atoms with Gasteiger partial charge in [-0.05, 0) is 23.6 Å². The Labute approximate surface area is 127 Å². The van der Waals surface area contributed by atoms with E-state index in [1.165, 1.54) is 24.7 Å². The molecule has 0 bridgehead atoms. The molecule has 0 saturated heterocycles. The van der Waals surface area contributed by atoms with Crippen molar-refractivity contribution in [1.29, 1.82) is 0 Å². The number of aromatic nitrogens is 1. The highest BCUT2D eigenvalue weighted by Gasteiger charge is 2.11. The van der Waals surface area contributed by atoms with Crippen molar-refractivity contribution in [1.82, 2.24) is 4.98 Å². The molecule has 0 aliphatic heterocycles. The molecule has 0 fully saturated rings. The number of benzene rings is 1. The summed E-state index contributed by atoms with van der Waals surface area (Å²) in [6.45, 7) is 4.15. The van der Waals surface area contributed by atoms with Crippen LogP contribution in [-0.2, 0) is 0 Å². The Hall–Kier alpha value is -2.28. The van der Waals surface area contributed by atoms with Crippen molar-refractivity contribution in [3.63, 3.8) is 0 Å². The van der Waals surface area contributed by atoms with Crippen molar-refractivity contribution in [3.8, 4) is 11.5 Å². The number of methoxy groups -OCH3 is 1. The number of nitrogens with two attached hydrogens (primary N) is 1. The zero-order valence-corrected chi connectivity index (χ0v) is 12.9. The Morgan fingerprint density at radius 2 is 2.24 bits per heavy atom. The number of hydrazone groups is 1. The number of nitrogens with zero attached hydrogens (tertiary/aromatic N) is 2. The third-order valence-electron chi connectivity index (χ3n) is 2.90. The molecule has 21 heavy (non-hydrogen) atoms. The van der Waals surface area contributed by atoms with E-state index in [0.717, 1.165) is 5.56 Å². The summed E-state index contributed by atoms with van der Waals surface area (Å²) in [6.07, 6.45) is 1.53. The third kappa shape index (κ3) is 3.63.